The molecule has 0 radical (unpaired) electrons. The van der Waals surface area contributed by atoms with E-state index in [0.29, 0.717) is 0 Å². The van der Waals surface area contributed by atoms with Gasteiger partial charge in [-0.25, -0.2) is 0 Å². The van der Waals surface area contributed by atoms with Crippen LogP contribution in [-0.2, 0) is 0 Å². The summed E-state index contributed by atoms with van der Waals surface area (Å²) < 4.78 is 1.28. The molecule has 1 atom stereocenters. The summed E-state index contributed by atoms with van der Waals surface area (Å²) >= 11 is 1.73. The van der Waals surface area contributed by atoms with Gasteiger partial charge in [0.15, 0.2) is 0 Å². The molecule has 3 N–H and O–H groups in total. The average Bonchev–Trinajstić information content (AvgIpc) is 2.69. The van der Waals surface area contributed by atoms with E-state index in [2.05, 4.69) is 17.5 Å². The fraction of sp³-hybridized carbons (Fsp3) is 0.333. The number of hydrogen-bond donors (Lipinski definition) is 2. The van der Waals surface area contributed by atoms with Gasteiger partial charge in [-0.3, -0.25) is 0 Å². The van der Waals surface area contributed by atoms with Crippen molar-refractivity contribution in [1.82, 2.24) is 0 Å². The van der Waals surface area contributed by atoms with Crippen LogP contribution in [0.15, 0.2) is 29.6 Å². The first-order valence-electron chi connectivity index (χ1n) is 5.15. The van der Waals surface area contributed by atoms with Crippen LogP contribution in [-0.4, -0.2) is 11.7 Å². The molecule has 0 aliphatic heterocycles. The molecule has 3 heteroatoms. The Morgan fingerprint density at radius 2 is 2.13 bits per heavy atom. The number of thiophene rings is 1. The van der Waals surface area contributed by atoms with E-state index in [4.69, 9.17) is 10.8 Å². The number of benzene rings is 1. The molecule has 1 unspecified atom stereocenters. The minimum Gasteiger partial charge on any atom is -0.396 e. The van der Waals surface area contributed by atoms with Crippen LogP contribution in [0, 0.1) is 0 Å². The molecule has 1 heterocycles. The van der Waals surface area contributed by atoms with Gasteiger partial charge in [0.05, 0.1) is 0 Å². The average molecular weight is 221 g/mol. The molecule has 2 nitrogen and oxygen atoms in total. The second kappa shape index (κ2) is 4.75. The van der Waals surface area contributed by atoms with Gasteiger partial charge in [-0.1, -0.05) is 18.2 Å². The summed E-state index contributed by atoms with van der Waals surface area (Å²) in [5.74, 6) is 0. The third kappa shape index (κ3) is 2.20. The normalized spacial score (nSPS) is 13.2. The maximum atomic E-state index is 8.77. The quantitative estimate of drug-likeness (QED) is 0.833. The molecule has 0 spiro atoms. The molecule has 0 amide bonds. The topological polar surface area (TPSA) is 46.2 Å². The van der Waals surface area contributed by atoms with Crippen molar-refractivity contribution in [3.8, 4) is 0 Å². The lowest BCUT2D eigenvalue weighted by atomic mass is 10.0. The van der Waals surface area contributed by atoms with Crippen LogP contribution < -0.4 is 5.73 Å². The zero-order valence-electron chi connectivity index (χ0n) is 8.52. The molecule has 15 heavy (non-hydrogen) atoms. The van der Waals surface area contributed by atoms with E-state index in [1.807, 2.05) is 12.1 Å². The molecular weight excluding hydrogens is 206 g/mol. The molecule has 80 valence electrons. The van der Waals surface area contributed by atoms with Crippen LogP contribution in [0.5, 0.6) is 0 Å². The van der Waals surface area contributed by atoms with Gasteiger partial charge >= 0.3 is 0 Å². The summed E-state index contributed by atoms with van der Waals surface area (Å²) in [6, 6.07) is 8.36. The Kier molecular flexibility index (Phi) is 3.36. The number of rotatable bonds is 4. The van der Waals surface area contributed by atoms with Gasteiger partial charge in [0.25, 0.3) is 0 Å². The van der Waals surface area contributed by atoms with Crippen LogP contribution in [0.3, 0.4) is 0 Å². The van der Waals surface area contributed by atoms with E-state index in [-0.39, 0.29) is 12.6 Å². The van der Waals surface area contributed by atoms with Crippen molar-refractivity contribution in [3.63, 3.8) is 0 Å². The van der Waals surface area contributed by atoms with Gasteiger partial charge in [-0.15, -0.1) is 11.3 Å². The lowest BCUT2D eigenvalue weighted by Gasteiger charge is -2.09. The SMILES string of the molecule is NC(CCCO)c1csc2ccccc12. The van der Waals surface area contributed by atoms with Crippen molar-refractivity contribution in [2.24, 2.45) is 5.73 Å². The second-order valence-corrected chi connectivity index (χ2v) is 4.57. The highest BCUT2D eigenvalue weighted by Gasteiger charge is 2.10. The minimum absolute atomic E-state index is 0.0494. The number of aliphatic hydroxyl groups is 1. The highest BCUT2D eigenvalue weighted by atomic mass is 32.1. The molecule has 0 bridgehead atoms. The van der Waals surface area contributed by atoms with E-state index < -0.39 is 0 Å². The molecular formula is C12H15NOS. The standard InChI is InChI=1S/C12H15NOS/c13-11(5-3-7-14)10-8-15-12-6-2-1-4-9(10)12/h1-2,4,6,8,11,14H,3,5,7,13H2. The van der Waals surface area contributed by atoms with Gasteiger partial charge in [0.1, 0.15) is 0 Å². The van der Waals surface area contributed by atoms with E-state index in [1.165, 1.54) is 15.6 Å². The van der Waals surface area contributed by atoms with Gasteiger partial charge in [-0.2, -0.15) is 0 Å². The number of fused-ring (bicyclic) bond motifs is 1. The van der Waals surface area contributed by atoms with Crippen LogP contribution in [0.4, 0.5) is 0 Å². The van der Waals surface area contributed by atoms with Crippen LogP contribution >= 0.6 is 11.3 Å². The molecule has 0 aliphatic carbocycles. The van der Waals surface area contributed by atoms with Gasteiger partial charge in [0, 0.05) is 17.3 Å². The van der Waals surface area contributed by atoms with E-state index >= 15 is 0 Å². The van der Waals surface area contributed by atoms with Crippen molar-refractivity contribution in [1.29, 1.82) is 0 Å². The van der Waals surface area contributed by atoms with Crippen molar-refractivity contribution in [3.05, 3.63) is 35.2 Å². The highest BCUT2D eigenvalue weighted by Crippen LogP contribution is 2.30. The summed E-state index contributed by atoms with van der Waals surface area (Å²) in [7, 11) is 0. The molecule has 2 rings (SSSR count). The largest absolute Gasteiger partial charge is 0.396 e. The molecule has 0 fully saturated rings. The van der Waals surface area contributed by atoms with Gasteiger partial charge in [0.2, 0.25) is 0 Å². The molecule has 1 aromatic carbocycles. The molecule has 0 aliphatic rings. The first-order valence-corrected chi connectivity index (χ1v) is 6.03. The molecule has 1 aromatic heterocycles. The van der Waals surface area contributed by atoms with Crippen molar-refractivity contribution in [2.45, 2.75) is 18.9 Å². The van der Waals surface area contributed by atoms with Crippen LogP contribution in [0.2, 0.25) is 0 Å². The fourth-order valence-electron chi connectivity index (χ4n) is 1.75. The van der Waals surface area contributed by atoms with Crippen molar-refractivity contribution < 1.29 is 5.11 Å². The maximum Gasteiger partial charge on any atom is 0.0431 e. The third-order valence-corrected chi connectivity index (χ3v) is 3.57. The second-order valence-electron chi connectivity index (χ2n) is 3.66. The maximum absolute atomic E-state index is 8.77. The zero-order chi connectivity index (χ0) is 10.7. The van der Waals surface area contributed by atoms with Crippen LogP contribution in [0.25, 0.3) is 10.1 Å². The lowest BCUT2D eigenvalue weighted by Crippen LogP contribution is -2.10. The van der Waals surface area contributed by atoms with Crippen molar-refractivity contribution in [2.75, 3.05) is 6.61 Å². The van der Waals surface area contributed by atoms with E-state index in [9.17, 15) is 0 Å². The molecule has 0 saturated carbocycles. The number of nitrogens with two attached hydrogens (primary N) is 1. The summed E-state index contributed by atoms with van der Waals surface area (Å²) in [5, 5.41) is 12.2. The van der Waals surface area contributed by atoms with E-state index in [0.717, 1.165) is 12.8 Å². The van der Waals surface area contributed by atoms with Crippen molar-refractivity contribution >= 4 is 21.4 Å². The Bertz CT molecular complexity index is 438. The first-order chi connectivity index (χ1) is 7.33. The zero-order valence-corrected chi connectivity index (χ0v) is 9.33. The number of hydrogen-bond acceptors (Lipinski definition) is 3. The Balaban J connectivity index is 2.27. The Hall–Kier alpha value is -0.900. The summed E-state index contributed by atoms with van der Waals surface area (Å²) in [6.07, 6.45) is 1.61. The fourth-order valence-corrected chi connectivity index (χ4v) is 2.78. The summed E-state index contributed by atoms with van der Waals surface area (Å²) in [5.41, 5.74) is 7.30. The molecule has 2 aromatic rings. The predicted molar refractivity (Wildman–Crippen MR) is 65.1 cm³/mol. The highest BCUT2D eigenvalue weighted by molar-refractivity contribution is 7.17. The minimum atomic E-state index is 0.0494. The van der Waals surface area contributed by atoms with Gasteiger partial charge < -0.3 is 10.8 Å². The van der Waals surface area contributed by atoms with Gasteiger partial charge in [-0.05, 0) is 35.2 Å². The number of aliphatic hydroxyl groups excluding tert-OH is 1. The molecule has 0 saturated heterocycles. The third-order valence-electron chi connectivity index (χ3n) is 2.58. The Labute approximate surface area is 93.3 Å². The monoisotopic (exact) mass is 221 g/mol. The first kappa shape index (κ1) is 10.6. The summed E-state index contributed by atoms with van der Waals surface area (Å²) in [6.45, 7) is 0.218. The predicted octanol–water partition coefficient (Wildman–Crippen LogP) is 2.67. The van der Waals surface area contributed by atoms with Crippen LogP contribution in [0.1, 0.15) is 24.4 Å². The Morgan fingerprint density at radius 3 is 2.93 bits per heavy atom. The smallest absolute Gasteiger partial charge is 0.0431 e. The summed E-state index contributed by atoms with van der Waals surface area (Å²) in [4.78, 5) is 0. The van der Waals surface area contributed by atoms with E-state index in [1.54, 1.807) is 11.3 Å². The Morgan fingerprint density at radius 1 is 1.33 bits per heavy atom. The lowest BCUT2D eigenvalue weighted by molar-refractivity contribution is 0.280.